The third-order valence-electron chi connectivity index (χ3n) is 3.28. The van der Waals surface area contributed by atoms with E-state index < -0.39 is 0 Å². The lowest BCUT2D eigenvalue weighted by Crippen LogP contribution is -2.28. The minimum atomic E-state index is 0.0197. The lowest BCUT2D eigenvalue weighted by molar-refractivity contribution is -0.121. The number of rotatable bonds is 6. The maximum Gasteiger partial charge on any atom is 0.240 e. The van der Waals surface area contributed by atoms with Crippen molar-refractivity contribution in [2.45, 2.75) is 33.2 Å². The first-order valence-electron chi connectivity index (χ1n) is 7.14. The van der Waals surface area contributed by atoms with Crippen LogP contribution in [-0.2, 0) is 11.3 Å². The van der Waals surface area contributed by atoms with Gasteiger partial charge in [-0.25, -0.2) is 0 Å². The molecule has 0 fully saturated rings. The van der Waals surface area contributed by atoms with Crippen LogP contribution >= 0.6 is 23.6 Å². The number of unbranched alkanes of at least 4 members (excludes halogenated alkanes) is 1. The van der Waals surface area contributed by atoms with Gasteiger partial charge in [-0.2, -0.15) is 0 Å². The summed E-state index contributed by atoms with van der Waals surface area (Å²) < 4.78 is 2.64. The molecule has 0 aliphatic carbocycles. The Kier molecular flexibility index (Phi) is 5.70. The first-order chi connectivity index (χ1) is 10.1. The Bertz CT molecular complexity index is 656. The highest BCUT2D eigenvalue weighted by molar-refractivity contribution is 7.73. The summed E-state index contributed by atoms with van der Waals surface area (Å²) in [5.41, 5.74) is 3.32. The molecule has 1 heterocycles. The van der Waals surface area contributed by atoms with E-state index in [0.717, 1.165) is 34.6 Å². The molecule has 0 spiro atoms. The van der Waals surface area contributed by atoms with E-state index in [-0.39, 0.29) is 12.5 Å². The largest absolute Gasteiger partial charge is 0.355 e. The molecule has 2 aromatic rings. The van der Waals surface area contributed by atoms with E-state index in [9.17, 15) is 4.79 Å². The number of hydrogen-bond acceptors (Lipinski definition) is 3. The van der Waals surface area contributed by atoms with Crippen LogP contribution in [0.2, 0.25) is 0 Å². The van der Waals surface area contributed by atoms with Crippen molar-refractivity contribution in [2.24, 2.45) is 0 Å². The summed E-state index contributed by atoms with van der Waals surface area (Å²) in [6.45, 7) is 5.18. The van der Waals surface area contributed by atoms with E-state index in [1.165, 1.54) is 16.9 Å². The predicted octanol–water partition coefficient (Wildman–Crippen LogP) is 4.17. The summed E-state index contributed by atoms with van der Waals surface area (Å²) >= 11 is 6.85. The zero-order chi connectivity index (χ0) is 15.2. The van der Waals surface area contributed by atoms with Gasteiger partial charge in [-0.05, 0) is 31.1 Å². The average Bonchev–Trinajstić information content (AvgIpc) is 2.82. The van der Waals surface area contributed by atoms with Crippen LogP contribution < -0.4 is 5.32 Å². The van der Waals surface area contributed by atoms with Gasteiger partial charge in [0.25, 0.3) is 0 Å². The van der Waals surface area contributed by atoms with E-state index in [1.54, 1.807) is 0 Å². The number of aryl methyl sites for hydroxylation is 1. The number of benzene rings is 1. The maximum atomic E-state index is 12.0. The van der Waals surface area contributed by atoms with Crippen molar-refractivity contribution in [3.05, 3.63) is 39.2 Å². The van der Waals surface area contributed by atoms with E-state index in [2.05, 4.69) is 43.4 Å². The Balaban J connectivity index is 2.17. The lowest BCUT2D eigenvalue weighted by atomic mass is 10.1. The molecular formula is C16H20N2OS2. The molecule has 0 bridgehead atoms. The van der Waals surface area contributed by atoms with Gasteiger partial charge in [0.05, 0.1) is 5.69 Å². The summed E-state index contributed by atoms with van der Waals surface area (Å²) in [5, 5.41) is 4.96. The van der Waals surface area contributed by atoms with Crippen molar-refractivity contribution in [1.29, 1.82) is 0 Å². The molecular weight excluding hydrogens is 300 g/mol. The van der Waals surface area contributed by atoms with Crippen molar-refractivity contribution in [1.82, 2.24) is 9.88 Å². The molecule has 1 aromatic heterocycles. The summed E-state index contributed by atoms with van der Waals surface area (Å²) in [6, 6.07) is 8.28. The van der Waals surface area contributed by atoms with Crippen LogP contribution in [0.3, 0.4) is 0 Å². The third-order valence-corrected chi connectivity index (χ3v) is 4.56. The molecule has 0 aliphatic rings. The van der Waals surface area contributed by atoms with Crippen LogP contribution in [0.5, 0.6) is 0 Å². The fourth-order valence-corrected chi connectivity index (χ4v) is 3.11. The SMILES string of the molecule is CCCCNC(=O)Cn1c(-c2ccc(C)cc2)csc1=S. The fourth-order valence-electron chi connectivity index (χ4n) is 2.03. The van der Waals surface area contributed by atoms with E-state index in [1.807, 2.05) is 9.95 Å². The molecule has 3 nitrogen and oxygen atoms in total. The minimum Gasteiger partial charge on any atom is -0.355 e. The van der Waals surface area contributed by atoms with Gasteiger partial charge in [0, 0.05) is 11.9 Å². The van der Waals surface area contributed by atoms with Gasteiger partial charge in [0.1, 0.15) is 6.54 Å². The zero-order valence-electron chi connectivity index (χ0n) is 12.4. The number of thiazole rings is 1. The normalized spacial score (nSPS) is 10.6. The Hall–Kier alpha value is -1.46. The van der Waals surface area contributed by atoms with Crippen molar-refractivity contribution in [2.75, 3.05) is 6.54 Å². The molecule has 21 heavy (non-hydrogen) atoms. The topological polar surface area (TPSA) is 34.0 Å². The maximum absolute atomic E-state index is 12.0. The first-order valence-corrected chi connectivity index (χ1v) is 8.42. The first kappa shape index (κ1) is 15.9. The molecule has 1 amide bonds. The number of hydrogen-bond donors (Lipinski definition) is 1. The molecule has 0 unspecified atom stereocenters. The van der Waals surface area contributed by atoms with E-state index in [4.69, 9.17) is 12.2 Å². The van der Waals surface area contributed by atoms with Crippen molar-refractivity contribution in [3.8, 4) is 11.3 Å². The number of aromatic nitrogens is 1. The van der Waals surface area contributed by atoms with Gasteiger partial charge >= 0.3 is 0 Å². The second kappa shape index (κ2) is 7.52. The molecule has 5 heteroatoms. The number of nitrogens with one attached hydrogen (secondary N) is 1. The fraction of sp³-hybridized carbons (Fsp3) is 0.375. The van der Waals surface area contributed by atoms with Crippen molar-refractivity contribution >= 4 is 29.5 Å². The number of nitrogens with zero attached hydrogens (tertiary/aromatic N) is 1. The van der Waals surface area contributed by atoms with Crippen LogP contribution in [0, 0.1) is 10.9 Å². The van der Waals surface area contributed by atoms with E-state index >= 15 is 0 Å². The van der Waals surface area contributed by atoms with Gasteiger partial charge in [-0.15, -0.1) is 11.3 Å². The van der Waals surface area contributed by atoms with Gasteiger partial charge in [-0.1, -0.05) is 43.2 Å². The molecule has 1 N–H and O–H groups in total. The highest BCUT2D eigenvalue weighted by Gasteiger charge is 2.10. The lowest BCUT2D eigenvalue weighted by Gasteiger charge is -2.09. The van der Waals surface area contributed by atoms with Crippen LogP contribution in [0.25, 0.3) is 11.3 Å². The Morgan fingerprint density at radius 3 is 2.71 bits per heavy atom. The molecule has 0 aliphatic heterocycles. The van der Waals surface area contributed by atoms with Gasteiger partial charge in [-0.3, -0.25) is 4.79 Å². The Morgan fingerprint density at radius 2 is 2.05 bits per heavy atom. The second-order valence-electron chi connectivity index (χ2n) is 5.04. The van der Waals surface area contributed by atoms with Crippen molar-refractivity contribution < 1.29 is 4.79 Å². The molecule has 0 atom stereocenters. The quantitative estimate of drug-likeness (QED) is 0.640. The summed E-state index contributed by atoms with van der Waals surface area (Å²) in [7, 11) is 0. The van der Waals surface area contributed by atoms with Crippen LogP contribution in [0.1, 0.15) is 25.3 Å². The highest BCUT2D eigenvalue weighted by Crippen LogP contribution is 2.24. The van der Waals surface area contributed by atoms with Gasteiger partial charge < -0.3 is 9.88 Å². The van der Waals surface area contributed by atoms with Gasteiger partial charge in [0.15, 0.2) is 3.95 Å². The summed E-state index contributed by atoms with van der Waals surface area (Å²) in [6.07, 6.45) is 2.08. The number of amides is 1. The Labute approximate surface area is 134 Å². The predicted molar refractivity (Wildman–Crippen MR) is 91.2 cm³/mol. The molecule has 0 saturated carbocycles. The molecule has 2 rings (SSSR count). The zero-order valence-corrected chi connectivity index (χ0v) is 14.0. The molecule has 0 radical (unpaired) electrons. The molecule has 112 valence electrons. The molecule has 0 saturated heterocycles. The smallest absolute Gasteiger partial charge is 0.240 e. The monoisotopic (exact) mass is 320 g/mol. The highest BCUT2D eigenvalue weighted by atomic mass is 32.1. The third kappa shape index (κ3) is 4.25. The summed E-state index contributed by atoms with van der Waals surface area (Å²) in [5.74, 6) is 0.0197. The van der Waals surface area contributed by atoms with Crippen LogP contribution in [-0.4, -0.2) is 17.0 Å². The minimum absolute atomic E-state index is 0.0197. The Morgan fingerprint density at radius 1 is 1.33 bits per heavy atom. The second-order valence-corrected chi connectivity index (χ2v) is 6.55. The molecule has 1 aromatic carbocycles. The van der Waals surface area contributed by atoms with Crippen molar-refractivity contribution in [3.63, 3.8) is 0 Å². The standard InChI is InChI=1S/C16H20N2OS2/c1-3-4-9-17-15(19)10-18-14(11-21-16(18)20)13-7-5-12(2)6-8-13/h5-8,11H,3-4,9-10H2,1-2H3,(H,17,19). The van der Waals surface area contributed by atoms with Crippen LogP contribution in [0.15, 0.2) is 29.6 Å². The number of carbonyl (C=O) groups excluding carboxylic acids is 1. The number of carbonyl (C=O) groups is 1. The van der Waals surface area contributed by atoms with E-state index in [0.29, 0.717) is 0 Å². The average molecular weight is 320 g/mol. The van der Waals surface area contributed by atoms with Gasteiger partial charge in [0.2, 0.25) is 5.91 Å². The van der Waals surface area contributed by atoms with Crippen LogP contribution in [0.4, 0.5) is 0 Å². The summed E-state index contributed by atoms with van der Waals surface area (Å²) in [4.78, 5) is 12.0.